The van der Waals surface area contributed by atoms with Crippen LogP contribution in [0.25, 0.3) is 0 Å². The lowest BCUT2D eigenvalue weighted by atomic mass is 10.3. The van der Waals surface area contributed by atoms with Crippen LogP contribution in [0.1, 0.15) is 12.5 Å². The SMILES string of the molecule is CNC(C)CNc1nccc(C#N)c1Cl. The summed E-state index contributed by atoms with van der Waals surface area (Å²) in [5.41, 5.74) is 0.436. The number of pyridine rings is 1. The number of halogens is 1. The van der Waals surface area contributed by atoms with Gasteiger partial charge in [0.25, 0.3) is 0 Å². The number of likely N-dealkylation sites (N-methyl/N-ethyl adjacent to an activating group) is 1. The zero-order chi connectivity index (χ0) is 11.3. The number of hydrogen-bond donors (Lipinski definition) is 2. The Morgan fingerprint density at radius 3 is 3.00 bits per heavy atom. The van der Waals surface area contributed by atoms with E-state index in [1.165, 1.54) is 0 Å². The smallest absolute Gasteiger partial charge is 0.146 e. The maximum atomic E-state index is 8.76. The first-order valence-electron chi connectivity index (χ1n) is 4.64. The van der Waals surface area contributed by atoms with Gasteiger partial charge in [-0.15, -0.1) is 0 Å². The van der Waals surface area contributed by atoms with Gasteiger partial charge in [-0.2, -0.15) is 5.26 Å². The van der Waals surface area contributed by atoms with E-state index in [9.17, 15) is 0 Å². The van der Waals surface area contributed by atoms with Crippen LogP contribution < -0.4 is 10.6 Å². The van der Waals surface area contributed by atoms with Gasteiger partial charge in [-0.3, -0.25) is 0 Å². The zero-order valence-electron chi connectivity index (χ0n) is 8.71. The van der Waals surface area contributed by atoms with E-state index >= 15 is 0 Å². The van der Waals surface area contributed by atoms with Crippen LogP contribution in [-0.2, 0) is 0 Å². The summed E-state index contributed by atoms with van der Waals surface area (Å²) in [4.78, 5) is 4.07. The molecule has 0 fully saturated rings. The predicted octanol–water partition coefficient (Wildman–Crippen LogP) is 1.63. The van der Waals surface area contributed by atoms with Crippen molar-refractivity contribution in [2.75, 3.05) is 18.9 Å². The Balaban J connectivity index is 2.74. The highest BCUT2D eigenvalue weighted by Gasteiger charge is 2.07. The molecule has 0 aliphatic rings. The molecule has 80 valence electrons. The molecule has 0 saturated carbocycles. The van der Waals surface area contributed by atoms with Crippen LogP contribution in [0.2, 0.25) is 5.02 Å². The number of nitriles is 1. The second-order valence-corrected chi connectivity index (χ2v) is 3.58. The van der Waals surface area contributed by atoms with Crippen molar-refractivity contribution >= 4 is 17.4 Å². The fourth-order valence-corrected chi connectivity index (χ4v) is 1.23. The van der Waals surface area contributed by atoms with Crippen molar-refractivity contribution in [1.29, 1.82) is 5.26 Å². The van der Waals surface area contributed by atoms with Gasteiger partial charge in [-0.05, 0) is 20.0 Å². The molecule has 0 spiro atoms. The molecule has 1 unspecified atom stereocenters. The Morgan fingerprint density at radius 2 is 2.40 bits per heavy atom. The molecule has 0 saturated heterocycles. The molecule has 2 N–H and O–H groups in total. The summed E-state index contributed by atoms with van der Waals surface area (Å²) < 4.78 is 0. The summed E-state index contributed by atoms with van der Waals surface area (Å²) in [6.45, 7) is 2.74. The van der Waals surface area contributed by atoms with Crippen molar-refractivity contribution in [2.24, 2.45) is 0 Å². The van der Waals surface area contributed by atoms with E-state index in [0.717, 1.165) is 0 Å². The minimum absolute atomic E-state index is 0.314. The Kier molecular flexibility index (Phi) is 4.35. The molecule has 1 heterocycles. The van der Waals surface area contributed by atoms with Crippen molar-refractivity contribution < 1.29 is 0 Å². The summed E-state index contributed by atoms with van der Waals surface area (Å²) in [6.07, 6.45) is 1.57. The summed E-state index contributed by atoms with van der Waals surface area (Å²) in [6, 6.07) is 3.92. The van der Waals surface area contributed by atoms with Crippen molar-refractivity contribution in [3.8, 4) is 6.07 Å². The lowest BCUT2D eigenvalue weighted by Gasteiger charge is -2.12. The standard InChI is InChI=1S/C10H13ClN4/c1-7(13-2)6-15-10-9(11)8(5-12)3-4-14-10/h3-4,7,13H,6H2,1-2H3,(H,14,15). The molecule has 0 aliphatic heterocycles. The van der Waals surface area contributed by atoms with E-state index in [0.29, 0.717) is 29.0 Å². The quantitative estimate of drug-likeness (QED) is 0.816. The number of rotatable bonds is 4. The maximum absolute atomic E-state index is 8.76. The van der Waals surface area contributed by atoms with Crippen LogP contribution in [0.3, 0.4) is 0 Å². The highest BCUT2D eigenvalue weighted by molar-refractivity contribution is 6.34. The monoisotopic (exact) mass is 224 g/mol. The third kappa shape index (κ3) is 3.08. The lowest BCUT2D eigenvalue weighted by molar-refractivity contribution is 0.637. The number of nitrogens with one attached hydrogen (secondary N) is 2. The Morgan fingerprint density at radius 1 is 1.67 bits per heavy atom. The van der Waals surface area contributed by atoms with Gasteiger partial charge in [0, 0.05) is 18.8 Å². The highest BCUT2D eigenvalue weighted by atomic mass is 35.5. The minimum atomic E-state index is 0.314. The van der Waals surface area contributed by atoms with Crippen molar-refractivity contribution in [1.82, 2.24) is 10.3 Å². The predicted molar refractivity (Wildman–Crippen MR) is 61.0 cm³/mol. The number of nitrogens with zero attached hydrogens (tertiary/aromatic N) is 2. The normalized spacial score (nSPS) is 11.9. The summed E-state index contributed by atoms with van der Waals surface area (Å²) >= 11 is 5.97. The fourth-order valence-electron chi connectivity index (χ4n) is 1.01. The summed E-state index contributed by atoms with van der Waals surface area (Å²) in [5.74, 6) is 0.554. The molecule has 5 heteroatoms. The van der Waals surface area contributed by atoms with E-state index in [4.69, 9.17) is 16.9 Å². The van der Waals surface area contributed by atoms with Crippen LogP contribution >= 0.6 is 11.6 Å². The molecule has 1 aromatic rings. The molecule has 0 bridgehead atoms. The zero-order valence-corrected chi connectivity index (χ0v) is 9.47. The molecule has 1 rings (SSSR count). The molecule has 1 aromatic heterocycles. The summed E-state index contributed by atoms with van der Waals surface area (Å²) in [7, 11) is 1.88. The minimum Gasteiger partial charge on any atom is -0.367 e. The molecular weight excluding hydrogens is 212 g/mol. The Bertz CT molecular complexity index is 372. The van der Waals surface area contributed by atoms with Crippen LogP contribution in [0, 0.1) is 11.3 Å². The third-order valence-electron chi connectivity index (χ3n) is 2.08. The van der Waals surface area contributed by atoms with E-state index < -0.39 is 0 Å². The molecule has 0 amide bonds. The van der Waals surface area contributed by atoms with Gasteiger partial charge in [-0.25, -0.2) is 4.98 Å². The van der Waals surface area contributed by atoms with Crippen molar-refractivity contribution in [2.45, 2.75) is 13.0 Å². The van der Waals surface area contributed by atoms with Crippen LogP contribution in [0.15, 0.2) is 12.3 Å². The first-order chi connectivity index (χ1) is 7.19. The first-order valence-corrected chi connectivity index (χ1v) is 5.02. The van der Waals surface area contributed by atoms with Crippen molar-refractivity contribution in [3.05, 3.63) is 22.8 Å². The molecule has 0 aliphatic carbocycles. The first kappa shape index (κ1) is 11.8. The van der Waals surface area contributed by atoms with Crippen LogP contribution in [0.4, 0.5) is 5.82 Å². The number of anilines is 1. The van der Waals surface area contributed by atoms with Gasteiger partial charge in [0.2, 0.25) is 0 Å². The molecule has 4 nitrogen and oxygen atoms in total. The van der Waals surface area contributed by atoms with E-state index in [-0.39, 0.29) is 0 Å². The largest absolute Gasteiger partial charge is 0.367 e. The fraction of sp³-hybridized carbons (Fsp3) is 0.400. The van der Waals surface area contributed by atoms with E-state index in [1.807, 2.05) is 20.0 Å². The number of aromatic nitrogens is 1. The summed E-state index contributed by atoms with van der Waals surface area (Å²) in [5, 5.41) is 15.3. The van der Waals surface area contributed by atoms with Gasteiger partial charge < -0.3 is 10.6 Å². The Hall–Kier alpha value is -1.31. The van der Waals surface area contributed by atoms with Gasteiger partial charge in [0.1, 0.15) is 16.9 Å². The topological polar surface area (TPSA) is 60.7 Å². The molecule has 0 radical (unpaired) electrons. The average Bonchev–Trinajstić information content (AvgIpc) is 2.27. The van der Waals surface area contributed by atoms with Gasteiger partial charge >= 0.3 is 0 Å². The van der Waals surface area contributed by atoms with E-state index in [2.05, 4.69) is 15.6 Å². The van der Waals surface area contributed by atoms with Crippen LogP contribution in [-0.4, -0.2) is 24.6 Å². The molecule has 15 heavy (non-hydrogen) atoms. The molecule has 1 atom stereocenters. The van der Waals surface area contributed by atoms with Gasteiger partial charge in [-0.1, -0.05) is 11.6 Å². The third-order valence-corrected chi connectivity index (χ3v) is 2.46. The van der Waals surface area contributed by atoms with Crippen molar-refractivity contribution in [3.63, 3.8) is 0 Å². The lowest BCUT2D eigenvalue weighted by Crippen LogP contribution is -2.29. The highest BCUT2D eigenvalue weighted by Crippen LogP contribution is 2.22. The second-order valence-electron chi connectivity index (χ2n) is 3.20. The maximum Gasteiger partial charge on any atom is 0.146 e. The second kappa shape index (κ2) is 5.54. The van der Waals surface area contributed by atoms with Gasteiger partial charge in [0.15, 0.2) is 0 Å². The molecule has 0 aromatic carbocycles. The Labute approximate surface area is 94.3 Å². The molecular formula is C10H13ClN4. The van der Waals surface area contributed by atoms with Crippen LogP contribution in [0.5, 0.6) is 0 Å². The average molecular weight is 225 g/mol. The van der Waals surface area contributed by atoms with E-state index in [1.54, 1.807) is 12.3 Å². The van der Waals surface area contributed by atoms with Gasteiger partial charge in [0.05, 0.1) is 5.56 Å². The number of hydrogen-bond acceptors (Lipinski definition) is 4.